The monoisotopic (exact) mass is 296 g/mol. The number of nitrogens with zero attached hydrogens (tertiary/aromatic N) is 1. The Kier molecular flexibility index (Phi) is 5.72. The molecule has 1 heterocycles. The van der Waals surface area contributed by atoms with Crippen LogP contribution in [0.1, 0.15) is 24.6 Å². The number of aromatic nitrogens is 1. The highest BCUT2D eigenvalue weighted by molar-refractivity contribution is 6.01. The van der Waals surface area contributed by atoms with Gasteiger partial charge in [0.05, 0.1) is 6.61 Å². The molecule has 0 atom stereocenters. The topological polar surface area (TPSA) is 51.2 Å². The number of hydrogen-bond acceptors (Lipinski definition) is 3. The van der Waals surface area contributed by atoms with Gasteiger partial charge < -0.3 is 10.1 Å². The van der Waals surface area contributed by atoms with E-state index in [1.165, 1.54) is 6.08 Å². The number of aryl methyl sites for hydroxylation is 1. The number of rotatable bonds is 6. The summed E-state index contributed by atoms with van der Waals surface area (Å²) in [5.74, 6) is 1.19. The van der Waals surface area contributed by atoms with Gasteiger partial charge >= 0.3 is 0 Å². The van der Waals surface area contributed by atoms with E-state index in [-0.39, 0.29) is 5.91 Å². The Balaban J connectivity index is 1.92. The standard InChI is InChI=1S/C18H20N2O2/c1-3-13-22-16-10-7-15(8-11-16)9-12-18(21)20-17-6-4-5-14(2)19-17/h4-12H,3,13H2,1-2H3,(H,19,20,21). The lowest BCUT2D eigenvalue weighted by molar-refractivity contribution is -0.111. The summed E-state index contributed by atoms with van der Waals surface area (Å²) < 4.78 is 5.51. The molecule has 0 aliphatic rings. The van der Waals surface area contributed by atoms with Crippen LogP contribution in [0.2, 0.25) is 0 Å². The van der Waals surface area contributed by atoms with Gasteiger partial charge in [0, 0.05) is 11.8 Å². The molecule has 0 unspecified atom stereocenters. The zero-order valence-electron chi connectivity index (χ0n) is 12.9. The maximum absolute atomic E-state index is 11.8. The molecule has 0 radical (unpaired) electrons. The average molecular weight is 296 g/mol. The van der Waals surface area contributed by atoms with Gasteiger partial charge in [-0.3, -0.25) is 4.79 Å². The number of amides is 1. The van der Waals surface area contributed by atoms with Crippen molar-refractivity contribution in [2.24, 2.45) is 0 Å². The molecule has 0 aliphatic carbocycles. The SMILES string of the molecule is CCCOc1ccc(C=CC(=O)Nc2cccc(C)n2)cc1. The van der Waals surface area contributed by atoms with Crippen LogP contribution in [-0.4, -0.2) is 17.5 Å². The molecular weight excluding hydrogens is 276 g/mol. The molecule has 4 nitrogen and oxygen atoms in total. The van der Waals surface area contributed by atoms with E-state index in [2.05, 4.69) is 17.2 Å². The minimum Gasteiger partial charge on any atom is -0.494 e. The van der Waals surface area contributed by atoms with Crippen LogP contribution in [0.4, 0.5) is 5.82 Å². The van der Waals surface area contributed by atoms with Crippen molar-refractivity contribution in [3.63, 3.8) is 0 Å². The summed E-state index contributed by atoms with van der Waals surface area (Å²) in [6, 6.07) is 13.1. The van der Waals surface area contributed by atoms with E-state index < -0.39 is 0 Å². The molecule has 0 fully saturated rings. The number of carbonyl (C=O) groups excluding carboxylic acids is 1. The fourth-order valence-corrected chi connectivity index (χ4v) is 1.85. The van der Waals surface area contributed by atoms with Crippen LogP contribution in [0.3, 0.4) is 0 Å². The summed E-state index contributed by atoms with van der Waals surface area (Å²) in [7, 11) is 0. The van der Waals surface area contributed by atoms with Crippen molar-refractivity contribution >= 4 is 17.8 Å². The highest BCUT2D eigenvalue weighted by Crippen LogP contribution is 2.13. The van der Waals surface area contributed by atoms with Crippen LogP contribution in [-0.2, 0) is 4.79 Å². The van der Waals surface area contributed by atoms with Crippen molar-refractivity contribution in [1.82, 2.24) is 4.98 Å². The van der Waals surface area contributed by atoms with Crippen LogP contribution >= 0.6 is 0 Å². The third-order valence-corrected chi connectivity index (χ3v) is 2.92. The first-order valence-corrected chi connectivity index (χ1v) is 7.33. The molecule has 2 rings (SSSR count). The molecule has 0 aliphatic heterocycles. The number of nitrogens with one attached hydrogen (secondary N) is 1. The average Bonchev–Trinajstić information content (AvgIpc) is 2.52. The normalized spacial score (nSPS) is 10.6. The van der Waals surface area contributed by atoms with E-state index in [1.54, 1.807) is 12.1 Å². The molecule has 0 bridgehead atoms. The Bertz CT molecular complexity index is 648. The predicted molar refractivity (Wildman–Crippen MR) is 88.9 cm³/mol. The molecule has 0 spiro atoms. The first kappa shape index (κ1) is 15.8. The molecule has 4 heteroatoms. The number of hydrogen-bond donors (Lipinski definition) is 1. The van der Waals surface area contributed by atoms with Crippen LogP contribution in [0.5, 0.6) is 5.75 Å². The Labute approximate surface area is 130 Å². The lowest BCUT2D eigenvalue weighted by Gasteiger charge is -2.04. The van der Waals surface area contributed by atoms with E-state index in [9.17, 15) is 4.79 Å². The summed E-state index contributed by atoms with van der Waals surface area (Å²) in [6.07, 6.45) is 4.23. The molecule has 0 saturated heterocycles. The highest BCUT2D eigenvalue weighted by Gasteiger charge is 1.99. The Morgan fingerprint density at radius 3 is 2.68 bits per heavy atom. The van der Waals surface area contributed by atoms with Gasteiger partial charge in [-0.05, 0) is 49.2 Å². The highest BCUT2D eigenvalue weighted by atomic mass is 16.5. The molecule has 2 aromatic rings. The summed E-state index contributed by atoms with van der Waals surface area (Å²) in [4.78, 5) is 16.1. The first-order valence-electron chi connectivity index (χ1n) is 7.33. The zero-order valence-corrected chi connectivity index (χ0v) is 12.9. The summed E-state index contributed by atoms with van der Waals surface area (Å²) in [5.41, 5.74) is 1.81. The Morgan fingerprint density at radius 1 is 1.23 bits per heavy atom. The number of ether oxygens (including phenoxy) is 1. The van der Waals surface area contributed by atoms with Gasteiger partial charge in [0.25, 0.3) is 0 Å². The lowest BCUT2D eigenvalue weighted by atomic mass is 10.2. The van der Waals surface area contributed by atoms with E-state index in [4.69, 9.17) is 4.74 Å². The second-order valence-corrected chi connectivity index (χ2v) is 4.90. The number of carbonyl (C=O) groups is 1. The molecule has 1 N–H and O–H groups in total. The van der Waals surface area contributed by atoms with Gasteiger partial charge in [0.1, 0.15) is 11.6 Å². The van der Waals surface area contributed by atoms with Crippen LogP contribution in [0, 0.1) is 6.92 Å². The second kappa shape index (κ2) is 7.98. The quantitative estimate of drug-likeness (QED) is 0.824. The summed E-state index contributed by atoms with van der Waals surface area (Å²) >= 11 is 0. The maximum atomic E-state index is 11.8. The summed E-state index contributed by atoms with van der Waals surface area (Å²) in [5, 5.41) is 2.73. The van der Waals surface area contributed by atoms with Crippen molar-refractivity contribution in [1.29, 1.82) is 0 Å². The zero-order chi connectivity index (χ0) is 15.8. The van der Waals surface area contributed by atoms with Crippen molar-refractivity contribution in [2.45, 2.75) is 20.3 Å². The van der Waals surface area contributed by atoms with E-state index in [0.29, 0.717) is 12.4 Å². The Hall–Kier alpha value is -2.62. The maximum Gasteiger partial charge on any atom is 0.249 e. The van der Waals surface area contributed by atoms with Crippen LogP contribution < -0.4 is 10.1 Å². The smallest absolute Gasteiger partial charge is 0.249 e. The van der Waals surface area contributed by atoms with Gasteiger partial charge in [-0.15, -0.1) is 0 Å². The summed E-state index contributed by atoms with van der Waals surface area (Å²) in [6.45, 7) is 4.66. The minimum atomic E-state index is -0.204. The van der Waals surface area contributed by atoms with Gasteiger partial charge in [0.15, 0.2) is 0 Å². The van der Waals surface area contributed by atoms with E-state index in [1.807, 2.05) is 43.3 Å². The van der Waals surface area contributed by atoms with Gasteiger partial charge in [-0.25, -0.2) is 4.98 Å². The number of anilines is 1. The number of pyridine rings is 1. The van der Waals surface area contributed by atoms with Crippen LogP contribution in [0.25, 0.3) is 6.08 Å². The molecule has 22 heavy (non-hydrogen) atoms. The second-order valence-electron chi connectivity index (χ2n) is 4.90. The lowest BCUT2D eigenvalue weighted by Crippen LogP contribution is -2.09. The largest absolute Gasteiger partial charge is 0.494 e. The van der Waals surface area contributed by atoms with Crippen molar-refractivity contribution in [2.75, 3.05) is 11.9 Å². The van der Waals surface area contributed by atoms with Gasteiger partial charge in [-0.1, -0.05) is 25.1 Å². The fourth-order valence-electron chi connectivity index (χ4n) is 1.85. The molecule has 1 aromatic heterocycles. The molecule has 1 aromatic carbocycles. The van der Waals surface area contributed by atoms with E-state index >= 15 is 0 Å². The van der Waals surface area contributed by atoms with Gasteiger partial charge in [0.2, 0.25) is 5.91 Å². The van der Waals surface area contributed by atoms with Gasteiger partial charge in [-0.2, -0.15) is 0 Å². The first-order chi connectivity index (χ1) is 10.7. The molecule has 114 valence electrons. The third-order valence-electron chi connectivity index (χ3n) is 2.92. The van der Waals surface area contributed by atoms with Crippen molar-refractivity contribution in [3.8, 4) is 5.75 Å². The predicted octanol–water partition coefficient (Wildman–Crippen LogP) is 3.83. The molecule has 1 amide bonds. The van der Waals surface area contributed by atoms with Crippen molar-refractivity contribution in [3.05, 3.63) is 59.8 Å². The van der Waals surface area contributed by atoms with E-state index in [0.717, 1.165) is 23.4 Å². The molecular formula is C18H20N2O2. The number of benzene rings is 1. The van der Waals surface area contributed by atoms with Crippen molar-refractivity contribution < 1.29 is 9.53 Å². The minimum absolute atomic E-state index is 0.204. The third kappa shape index (κ3) is 5.05. The molecule has 0 saturated carbocycles. The fraction of sp³-hybridized carbons (Fsp3) is 0.222. The Morgan fingerprint density at radius 2 is 2.00 bits per heavy atom. The van der Waals surface area contributed by atoms with Crippen LogP contribution in [0.15, 0.2) is 48.5 Å².